The van der Waals surface area contributed by atoms with Gasteiger partial charge in [-0.05, 0) is 66.9 Å². The molecule has 8 heteroatoms. The molecule has 0 aliphatic rings. The summed E-state index contributed by atoms with van der Waals surface area (Å²) in [6.45, 7) is 2.24. The first-order chi connectivity index (χ1) is 15.2. The fourth-order valence-corrected chi connectivity index (χ4v) is 3.49. The molecule has 0 atom stereocenters. The summed E-state index contributed by atoms with van der Waals surface area (Å²) in [5.41, 5.74) is 1.94. The zero-order chi connectivity index (χ0) is 23.0. The Balaban J connectivity index is 1.73. The molecule has 0 aliphatic carbocycles. The molecule has 1 aromatic heterocycles. The standard InChI is InChI=1S/C24H21NO7/c1-12-8-15-21(30)22(31)23(14-3-5-18(27)20(29)11-14)32-24(15)16(9-12)25-7-6-13-2-4-17(26)19(28)10-13/h2-5,8-11,25-29,31H,6-7H2,1H3. The quantitative estimate of drug-likeness (QED) is 0.259. The van der Waals surface area contributed by atoms with E-state index in [0.717, 1.165) is 11.1 Å². The van der Waals surface area contributed by atoms with Crippen molar-refractivity contribution in [3.05, 3.63) is 69.9 Å². The fourth-order valence-electron chi connectivity index (χ4n) is 3.49. The third-order valence-electron chi connectivity index (χ3n) is 5.12. The zero-order valence-electron chi connectivity index (χ0n) is 17.1. The molecule has 0 unspecified atom stereocenters. The Morgan fingerprint density at radius 2 is 1.53 bits per heavy atom. The molecule has 32 heavy (non-hydrogen) atoms. The number of phenolic OH excluding ortho intramolecular Hbond substituents is 4. The Morgan fingerprint density at radius 3 is 2.22 bits per heavy atom. The van der Waals surface area contributed by atoms with Crippen LogP contribution in [0.1, 0.15) is 11.1 Å². The number of anilines is 1. The van der Waals surface area contributed by atoms with Gasteiger partial charge in [-0.2, -0.15) is 0 Å². The average molecular weight is 435 g/mol. The number of hydrogen-bond acceptors (Lipinski definition) is 8. The van der Waals surface area contributed by atoms with Crippen molar-refractivity contribution < 1.29 is 29.9 Å². The molecule has 0 aliphatic heterocycles. The predicted molar refractivity (Wildman–Crippen MR) is 120 cm³/mol. The Bertz CT molecular complexity index is 1390. The lowest BCUT2D eigenvalue weighted by molar-refractivity contribution is 0.403. The number of aromatic hydroxyl groups is 5. The van der Waals surface area contributed by atoms with Crippen LogP contribution in [0.5, 0.6) is 28.7 Å². The largest absolute Gasteiger partial charge is 0.504 e. The molecule has 0 bridgehead atoms. The van der Waals surface area contributed by atoms with Crippen molar-refractivity contribution in [2.24, 2.45) is 0 Å². The lowest BCUT2D eigenvalue weighted by Gasteiger charge is -2.13. The van der Waals surface area contributed by atoms with Crippen LogP contribution < -0.4 is 10.7 Å². The molecule has 4 aromatic rings. The first-order valence-electron chi connectivity index (χ1n) is 9.82. The van der Waals surface area contributed by atoms with Crippen molar-refractivity contribution in [1.82, 2.24) is 0 Å². The number of benzene rings is 3. The second-order valence-electron chi connectivity index (χ2n) is 7.50. The summed E-state index contributed by atoms with van der Waals surface area (Å²) in [5.74, 6) is -1.88. The van der Waals surface area contributed by atoms with E-state index >= 15 is 0 Å². The first kappa shape index (κ1) is 20.9. The average Bonchev–Trinajstić information content (AvgIpc) is 2.75. The molecule has 0 radical (unpaired) electrons. The molecule has 0 spiro atoms. The van der Waals surface area contributed by atoms with Crippen LogP contribution in [0.4, 0.5) is 5.69 Å². The molecule has 0 amide bonds. The lowest BCUT2D eigenvalue weighted by Crippen LogP contribution is -2.08. The Hall–Kier alpha value is -4.33. The maximum Gasteiger partial charge on any atom is 0.235 e. The molecule has 6 N–H and O–H groups in total. The van der Waals surface area contributed by atoms with Crippen LogP contribution in [-0.4, -0.2) is 32.1 Å². The van der Waals surface area contributed by atoms with Crippen molar-refractivity contribution in [3.63, 3.8) is 0 Å². The van der Waals surface area contributed by atoms with Crippen LogP contribution in [0.3, 0.4) is 0 Å². The summed E-state index contributed by atoms with van der Waals surface area (Å²) >= 11 is 0. The molecule has 1 heterocycles. The summed E-state index contributed by atoms with van der Waals surface area (Å²) in [6.07, 6.45) is 0.518. The topological polar surface area (TPSA) is 143 Å². The van der Waals surface area contributed by atoms with E-state index in [-0.39, 0.29) is 39.5 Å². The summed E-state index contributed by atoms with van der Waals surface area (Å²) in [7, 11) is 0. The molecule has 164 valence electrons. The van der Waals surface area contributed by atoms with Gasteiger partial charge in [0.25, 0.3) is 0 Å². The number of rotatable bonds is 5. The number of hydrogen-bond donors (Lipinski definition) is 6. The monoisotopic (exact) mass is 435 g/mol. The molecule has 4 rings (SSSR count). The summed E-state index contributed by atoms with van der Waals surface area (Å²) in [4.78, 5) is 12.8. The van der Waals surface area contributed by atoms with E-state index in [0.29, 0.717) is 18.7 Å². The molecular weight excluding hydrogens is 414 g/mol. The van der Waals surface area contributed by atoms with Gasteiger partial charge in [-0.25, -0.2) is 0 Å². The third kappa shape index (κ3) is 3.85. The van der Waals surface area contributed by atoms with Crippen molar-refractivity contribution in [3.8, 4) is 40.1 Å². The second-order valence-corrected chi connectivity index (χ2v) is 7.50. The normalized spacial score (nSPS) is 11.0. The van der Waals surface area contributed by atoms with Gasteiger partial charge >= 0.3 is 0 Å². The van der Waals surface area contributed by atoms with Gasteiger partial charge in [0, 0.05) is 12.1 Å². The van der Waals surface area contributed by atoms with Crippen LogP contribution in [0, 0.1) is 6.92 Å². The van der Waals surface area contributed by atoms with E-state index in [1.54, 1.807) is 18.2 Å². The Morgan fingerprint density at radius 1 is 0.844 bits per heavy atom. The van der Waals surface area contributed by atoms with Crippen LogP contribution in [-0.2, 0) is 6.42 Å². The van der Waals surface area contributed by atoms with Gasteiger partial charge in [0.15, 0.2) is 34.3 Å². The van der Waals surface area contributed by atoms with Gasteiger partial charge in [-0.15, -0.1) is 0 Å². The predicted octanol–water partition coefficient (Wildman–Crippen LogP) is 3.95. The highest BCUT2D eigenvalue weighted by Gasteiger charge is 2.19. The summed E-state index contributed by atoms with van der Waals surface area (Å²) in [6, 6.07) is 11.8. The van der Waals surface area contributed by atoms with Gasteiger partial charge in [0.1, 0.15) is 0 Å². The minimum Gasteiger partial charge on any atom is -0.504 e. The zero-order valence-corrected chi connectivity index (χ0v) is 17.1. The number of fused-ring (bicyclic) bond motifs is 1. The maximum atomic E-state index is 12.8. The number of phenols is 4. The van der Waals surface area contributed by atoms with Crippen LogP contribution in [0.15, 0.2) is 57.7 Å². The van der Waals surface area contributed by atoms with Crippen molar-refractivity contribution in [2.75, 3.05) is 11.9 Å². The third-order valence-corrected chi connectivity index (χ3v) is 5.12. The highest BCUT2D eigenvalue weighted by molar-refractivity contribution is 5.92. The molecule has 8 nitrogen and oxygen atoms in total. The smallest absolute Gasteiger partial charge is 0.235 e. The van der Waals surface area contributed by atoms with Gasteiger partial charge in [0.2, 0.25) is 11.2 Å². The van der Waals surface area contributed by atoms with E-state index in [1.807, 2.05) is 6.92 Å². The molecule has 0 saturated heterocycles. The van der Waals surface area contributed by atoms with Crippen molar-refractivity contribution in [1.29, 1.82) is 0 Å². The van der Waals surface area contributed by atoms with Crippen LogP contribution >= 0.6 is 0 Å². The van der Waals surface area contributed by atoms with E-state index in [9.17, 15) is 30.3 Å². The summed E-state index contributed by atoms with van der Waals surface area (Å²) < 4.78 is 5.90. The minimum atomic E-state index is -0.621. The van der Waals surface area contributed by atoms with E-state index < -0.39 is 16.9 Å². The molecule has 3 aromatic carbocycles. The molecule has 0 saturated carbocycles. The minimum absolute atomic E-state index is 0.131. The Labute approximate surface area is 182 Å². The summed E-state index contributed by atoms with van der Waals surface area (Å²) in [5, 5.41) is 52.3. The maximum absolute atomic E-state index is 12.8. The van der Waals surface area contributed by atoms with Gasteiger partial charge in [-0.1, -0.05) is 6.07 Å². The van der Waals surface area contributed by atoms with Gasteiger partial charge < -0.3 is 35.3 Å². The lowest BCUT2D eigenvalue weighted by atomic mass is 10.1. The second kappa shape index (κ2) is 8.07. The number of nitrogens with one attached hydrogen (secondary N) is 1. The fraction of sp³-hybridized carbons (Fsp3) is 0.125. The van der Waals surface area contributed by atoms with E-state index in [2.05, 4.69) is 5.32 Å². The SMILES string of the molecule is Cc1cc(NCCc2ccc(O)c(O)c2)c2oc(-c3ccc(O)c(O)c3)c(O)c(=O)c2c1. The number of aryl methyl sites for hydroxylation is 1. The van der Waals surface area contributed by atoms with Gasteiger partial charge in [0.05, 0.1) is 11.1 Å². The van der Waals surface area contributed by atoms with E-state index in [4.69, 9.17) is 4.42 Å². The highest BCUT2D eigenvalue weighted by Crippen LogP contribution is 2.37. The van der Waals surface area contributed by atoms with Gasteiger partial charge in [-0.3, -0.25) is 4.79 Å². The molecule has 0 fully saturated rings. The van der Waals surface area contributed by atoms with Crippen LogP contribution in [0.2, 0.25) is 0 Å². The molecular formula is C24H21NO7. The highest BCUT2D eigenvalue weighted by atomic mass is 16.4. The Kier molecular flexibility index (Phi) is 5.28. The first-order valence-corrected chi connectivity index (χ1v) is 9.82. The van der Waals surface area contributed by atoms with Crippen molar-refractivity contribution >= 4 is 16.7 Å². The van der Waals surface area contributed by atoms with E-state index in [1.165, 1.54) is 30.3 Å². The van der Waals surface area contributed by atoms with Crippen molar-refractivity contribution in [2.45, 2.75) is 13.3 Å². The van der Waals surface area contributed by atoms with Crippen LogP contribution in [0.25, 0.3) is 22.3 Å².